The Morgan fingerprint density at radius 1 is 1.09 bits per heavy atom. The summed E-state index contributed by atoms with van der Waals surface area (Å²) in [6, 6.07) is 11.8. The van der Waals surface area contributed by atoms with Crippen LogP contribution < -0.4 is 4.74 Å². The maximum atomic E-state index is 11.8. The van der Waals surface area contributed by atoms with E-state index in [0.29, 0.717) is 12.2 Å². The van der Waals surface area contributed by atoms with Crippen LogP contribution in [0.1, 0.15) is 32.6 Å². The number of hydrogen-bond acceptors (Lipinski definition) is 3. The minimum atomic E-state index is -0.339. The number of benzene rings is 2. The predicted octanol–water partition coefficient (Wildman–Crippen LogP) is 3.91. The smallest absolute Gasteiger partial charge is 0.337 e. The molecule has 0 bridgehead atoms. The molecular weight excluding hydrogens is 276 g/mol. The van der Waals surface area contributed by atoms with E-state index >= 15 is 0 Å². The number of esters is 1. The molecule has 0 unspecified atom stereocenters. The topological polar surface area (TPSA) is 35.5 Å². The lowest BCUT2D eigenvalue weighted by Crippen LogP contribution is -2.09. The van der Waals surface area contributed by atoms with Gasteiger partial charge in [0.15, 0.2) is 0 Å². The lowest BCUT2D eigenvalue weighted by molar-refractivity contribution is 0.0600. The van der Waals surface area contributed by atoms with Gasteiger partial charge in [0.25, 0.3) is 0 Å². The third-order valence-electron chi connectivity index (χ3n) is 3.90. The van der Waals surface area contributed by atoms with Gasteiger partial charge in [0.2, 0.25) is 0 Å². The number of carbonyl (C=O) groups is 1. The predicted molar refractivity (Wildman–Crippen MR) is 86.3 cm³/mol. The maximum absolute atomic E-state index is 11.8. The summed E-state index contributed by atoms with van der Waals surface area (Å²) in [6.45, 7) is 4.71. The van der Waals surface area contributed by atoms with E-state index in [1.54, 1.807) is 6.07 Å². The summed E-state index contributed by atoms with van der Waals surface area (Å²) in [5.41, 5.74) is 6.15. The lowest BCUT2D eigenvalue weighted by Gasteiger charge is -2.21. The van der Waals surface area contributed by atoms with Crippen molar-refractivity contribution in [3.63, 3.8) is 0 Å². The van der Waals surface area contributed by atoms with Crippen LogP contribution in [0, 0.1) is 13.8 Å². The second-order valence-electron chi connectivity index (χ2n) is 5.45. The first-order valence-corrected chi connectivity index (χ1v) is 7.23. The van der Waals surface area contributed by atoms with Crippen molar-refractivity contribution in [2.45, 2.75) is 13.8 Å². The van der Waals surface area contributed by atoms with Gasteiger partial charge in [0, 0.05) is 5.56 Å². The zero-order valence-corrected chi connectivity index (χ0v) is 13.0. The molecule has 2 aromatic carbocycles. The third kappa shape index (κ3) is 2.50. The van der Waals surface area contributed by atoms with E-state index < -0.39 is 0 Å². The number of hydrogen-bond donors (Lipinski definition) is 0. The van der Waals surface area contributed by atoms with Gasteiger partial charge in [-0.1, -0.05) is 23.8 Å². The van der Waals surface area contributed by atoms with Crippen LogP contribution in [0.15, 0.2) is 42.5 Å². The first kappa shape index (κ1) is 14.4. The van der Waals surface area contributed by atoms with Crippen molar-refractivity contribution < 1.29 is 14.3 Å². The Balaban J connectivity index is 2.14. The van der Waals surface area contributed by atoms with E-state index in [-0.39, 0.29) is 5.97 Å². The van der Waals surface area contributed by atoms with Crippen LogP contribution in [-0.4, -0.2) is 19.7 Å². The number of aryl methyl sites for hydroxylation is 2. The number of ether oxygens (including phenoxy) is 2. The van der Waals surface area contributed by atoms with Gasteiger partial charge >= 0.3 is 5.97 Å². The van der Waals surface area contributed by atoms with E-state index in [0.717, 1.165) is 16.9 Å². The Morgan fingerprint density at radius 3 is 2.68 bits per heavy atom. The Labute approximate surface area is 130 Å². The van der Waals surface area contributed by atoms with Crippen LogP contribution in [0.3, 0.4) is 0 Å². The van der Waals surface area contributed by atoms with Crippen LogP contribution in [0.2, 0.25) is 0 Å². The second kappa shape index (κ2) is 5.68. The molecule has 0 aliphatic carbocycles. The molecule has 1 aliphatic rings. The van der Waals surface area contributed by atoms with Gasteiger partial charge < -0.3 is 9.47 Å². The van der Waals surface area contributed by atoms with Crippen LogP contribution in [0.5, 0.6) is 5.75 Å². The molecule has 3 rings (SSSR count). The average Bonchev–Trinajstić information content (AvgIpc) is 2.55. The molecule has 0 atom stereocenters. The fourth-order valence-electron chi connectivity index (χ4n) is 2.72. The largest absolute Gasteiger partial charge is 0.489 e. The molecule has 2 aromatic rings. The molecule has 3 heteroatoms. The van der Waals surface area contributed by atoms with Crippen LogP contribution in [-0.2, 0) is 4.74 Å². The first-order valence-electron chi connectivity index (χ1n) is 7.23. The molecule has 1 aliphatic heterocycles. The van der Waals surface area contributed by atoms with Crippen molar-refractivity contribution in [1.29, 1.82) is 0 Å². The van der Waals surface area contributed by atoms with E-state index in [1.165, 1.54) is 23.8 Å². The molecule has 0 spiro atoms. The summed E-state index contributed by atoms with van der Waals surface area (Å²) in [6.07, 6.45) is 2.06. The first-order chi connectivity index (χ1) is 10.6. The lowest BCUT2D eigenvalue weighted by atomic mass is 9.90. The summed E-state index contributed by atoms with van der Waals surface area (Å²) in [5.74, 6) is 0.458. The fourth-order valence-corrected chi connectivity index (χ4v) is 2.72. The highest BCUT2D eigenvalue weighted by Crippen LogP contribution is 2.36. The SMILES string of the molecule is COC(=O)c1ccc2c(c1)C(c1cc(C)ccc1C)=CCO2. The van der Waals surface area contributed by atoms with Crippen molar-refractivity contribution in [2.24, 2.45) is 0 Å². The third-order valence-corrected chi connectivity index (χ3v) is 3.90. The summed E-state index contributed by atoms with van der Waals surface area (Å²) >= 11 is 0. The summed E-state index contributed by atoms with van der Waals surface area (Å²) in [5, 5.41) is 0. The highest BCUT2D eigenvalue weighted by atomic mass is 16.5. The minimum absolute atomic E-state index is 0.339. The van der Waals surface area contributed by atoms with Gasteiger partial charge in [-0.25, -0.2) is 4.79 Å². The van der Waals surface area contributed by atoms with Crippen molar-refractivity contribution in [3.05, 3.63) is 70.3 Å². The van der Waals surface area contributed by atoms with Crippen LogP contribution in [0.4, 0.5) is 0 Å². The summed E-state index contributed by atoms with van der Waals surface area (Å²) in [4.78, 5) is 11.8. The normalized spacial score (nSPS) is 13.0. The molecule has 1 heterocycles. The van der Waals surface area contributed by atoms with Crippen molar-refractivity contribution >= 4 is 11.5 Å². The molecule has 0 aromatic heterocycles. The quantitative estimate of drug-likeness (QED) is 0.788. The molecule has 0 fully saturated rings. The number of carbonyl (C=O) groups excluding carboxylic acids is 1. The highest BCUT2D eigenvalue weighted by molar-refractivity contribution is 5.93. The van der Waals surface area contributed by atoms with Gasteiger partial charge in [-0.05, 0) is 54.8 Å². The number of fused-ring (bicyclic) bond motifs is 1. The summed E-state index contributed by atoms with van der Waals surface area (Å²) < 4.78 is 10.5. The molecule has 0 radical (unpaired) electrons. The second-order valence-corrected chi connectivity index (χ2v) is 5.45. The standard InChI is InChI=1S/C19H18O3/c1-12-4-5-13(2)16(10-12)15-8-9-22-18-7-6-14(11-17(15)18)19(20)21-3/h4-8,10-11H,9H2,1-3H3. The number of rotatable bonds is 2. The molecule has 0 N–H and O–H groups in total. The van der Waals surface area contributed by atoms with Gasteiger partial charge in [0.1, 0.15) is 12.4 Å². The maximum Gasteiger partial charge on any atom is 0.337 e. The molecule has 3 nitrogen and oxygen atoms in total. The van der Waals surface area contributed by atoms with Crippen LogP contribution >= 0.6 is 0 Å². The van der Waals surface area contributed by atoms with Gasteiger partial charge in [0.05, 0.1) is 12.7 Å². The van der Waals surface area contributed by atoms with E-state index in [4.69, 9.17) is 9.47 Å². The van der Waals surface area contributed by atoms with E-state index in [9.17, 15) is 4.79 Å². The Kier molecular flexibility index (Phi) is 3.72. The van der Waals surface area contributed by atoms with E-state index in [1.807, 2.05) is 12.1 Å². The molecule has 0 saturated carbocycles. The Morgan fingerprint density at radius 2 is 1.91 bits per heavy atom. The van der Waals surface area contributed by atoms with Gasteiger partial charge in [-0.3, -0.25) is 0 Å². The van der Waals surface area contributed by atoms with Crippen LogP contribution in [0.25, 0.3) is 5.57 Å². The van der Waals surface area contributed by atoms with E-state index in [2.05, 4.69) is 38.1 Å². The van der Waals surface area contributed by atoms with Gasteiger partial charge in [-0.15, -0.1) is 0 Å². The Hall–Kier alpha value is -2.55. The fraction of sp³-hybridized carbons (Fsp3) is 0.211. The van der Waals surface area contributed by atoms with Gasteiger partial charge in [-0.2, -0.15) is 0 Å². The minimum Gasteiger partial charge on any atom is -0.489 e. The summed E-state index contributed by atoms with van der Waals surface area (Å²) in [7, 11) is 1.39. The average molecular weight is 294 g/mol. The molecule has 112 valence electrons. The molecule has 0 saturated heterocycles. The number of methoxy groups -OCH3 is 1. The molecule has 22 heavy (non-hydrogen) atoms. The zero-order chi connectivity index (χ0) is 15.7. The monoisotopic (exact) mass is 294 g/mol. The van der Waals surface area contributed by atoms with Crippen molar-refractivity contribution in [2.75, 3.05) is 13.7 Å². The Bertz CT molecular complexity index is 772. The highest BCUT2D eigenvalue weighted by Gasteiger charge is 2.19. The molecular formula is C19H18O3. The zero-order valence-electron chi connectivity index (χ0n) is 13.0. The molecule has 0 amide bonds. The van der Waals surface area contributed by atoms with Crippen molar-refractivity contribution in [1.82, 2.24) is 0 Å². The van der Waals surface area contributed by atoms with Crippen molar-refractivity contribution in [3.8, 4) is 5.75 Å².